The van der Waals surface area contributed by atoms with Crippen LogP contribution in [0, 0.1) is 5.82 Å². The molecule has 1 atom stereocenters. The van der Waals surface area contributed by atoms with E-state index in [1.807, 2.05) is 6.08 Å². The first-order valence-electron chi connectivity index (χ1n) is 4.34. The van der Waals surface area contributed by atoms with Crippen LogP contribution in [0.2, 0.25) is 0 Å². The summed E-state index contributed by atoms with van der Waals surface area (Å²) < 4.78 is 12.6. The van der Waals surface area contributed by atoms with E-state index in [-0.39, 0.29) is 16.9 Å². The zero-order chi connectivity index (χ0) is 9.97. The van der Waals surface area contributed by atoms with Crippen LogP contribution in [0.3, 0.4) is 0 Å². The fraction of sp³-hybridized carbons (Fsp3) is 0.182. The maximum Gasteiger partial charge on any atom is 0.165 e. The monoisotopic (exact) mass is 208 g/mol. The van der Waals surface area contributed by atoms with Crippen LogP contribution in [0.15, 0.2) is 36.4 Å². The number of allylic oxidation sites excluding steroid dienone is 1. The minimum atomic E-state index is -0.227. The first kappa shape index (κ1) is 9.46. The van der Waals surface area contributed by atoms with Gasteiger partial charge in [0.15, 0.2) is 5.78 Å². The Hall–Kier alpha value is -1.09. The second-order valence-corrected chi connectivity index (χ2v) is 4.24. The lowest BCUT2D eigenvalue weighted by molar-refractivity contribution is -0.112. The largest absolute Gasteiger partial charge is 0.294 e. The zero-order valence-electron chi connectivity index (χ0n) is 7.44. The highest BCUT2D eigenvalue weighted by molar-refractivity contribution is 8.00. The van der Waals surface area contributed by atoms with Crippen molar-refractivity contribution in [3.63, 3.8) is 0 Å². The van der Waals surface area contributed by atoms with Crippen molar-refractivity contribution in [1.29, 1.82) is 0 Å². The molecule has 0 amide bonds. The Labute approximate surface area is 86.0 Å². The van der Waals surface area contributed by atoms with E-state index in [0.717, 1.165) is 5.56 Å². The van der Waals surface area contributed by atoms with Crippen LogP contribution in [-0.4, -0.2) is 11.5 Å². The van der Waals surface area contributed by atoms with Crippen molar-refractivity contribution in [3.05, 3.63) is 47.8 Å². The third-order valence-corrected chi connectivity index (χ3v) is 3.30. The molecule has 1 aliphatic heterocycles. The molecular formula is C11H9FOS. The summed E-state index contributed by atoms with van der Waals surface area (Å²) in [6, 6.07) is 6.40. The molecule has 1 unspecified atom stereocenters. The Morgan fingerprint density at radius 3 is 2.57 bits per heavy atom. The summed E-state index contributed by atoms with van der Waals surface area (Å²) in [4.78, 5) is 10.9. The number of carbonyl (C=O) groups is 1. The van der Waals surface area contributed by atoms with Gasteiger partial charge < -0.3 is 0 Å². The van der Waals surface area contributed by atoms with Crippen LogP contribution in [-0.2, 0) is 4.79 Å². The third-order valence-electron chi connectivity index (χ3n) is 2.06. The topological polar surface area (TPSA) is 17.1 Å². The Balaban J connectivity index is 2.20. The predicted molar refractivity (Wildman–Crippen MR) is 55.7 cm³/mol. The first-order valence-corrected chi connectivity index (χ1v) is 5.39. The van der Waals surface area contributed by atoms with E-state index in [1.165, 1.54) is 12.1 Å². The molecule has 72 valence electrons. The van der Waals surface area contributed by atoms with Gasteiger partial charge in [-0.15, -0.1) is 11.8 Å². The summed E-state index contributed by atoms with van der Waals surface area (Å²) in [6.07, 6.45) is 3.47. The van der Waals surface area contributed by atoms with Crippen LogP contribution in [0.5, 0.6) is 0 Å². The molecule has 1 aromatic carbocycles. The van der Waals surface area contributed by atoms with Crippen LogP contribution >= 0.6 is 11.8 Å². The van der Waals surface area contributed by atoms with Gasteiger partial charge in [0, 0.05) is 5.25 Å². The number of benzene rings is 1. The normalized spacial score (nSPS) is 21.2. The molecule has 1 aliphatic rings. The third kappa shape index (κ3) is 2.04. The summed E-state index contributed by atoms with van der Waals surface area (Å²) >= 11 is 1.57. The summed E-state index contributed by atoms with van der Waals surface area (Å²) in [5.41, 5.74) is 1.04. The van der Waals surface area contributed by atoms with Gasteiger partial charge in [-0.1, -0.05) is 18.2 Å². The molecule has 0 spiro atoms. The van der Waals surface area contributed by atoms with E-state index in [1.54, 1.807) is 30.0 Å². The highest BCUT2D eigenvalue weighted by atomic mass is 32.2. The van der Waals surface area contributed by atoms with Crippen molar-refractivity contribution in [3.8, 4) is 0 Å². The summed E-state index contributed by atoms with van der Waals surface area (Å²) in [5.74, 6) is 0.432. The zero-order valence-corrected chi connectivity index (χ0v) is 8.26. The van der Waals surface area contributed by atoms with Crippen molar-refractivity contribution in [2.45, 2.75) is 5.25 Å². The van der Waals surface area contributed by atoms with Crippen molar-refractivity contribution in [2.75, 3.05) is 5.75 Å². The van der Waals surface area contributed by atoms with Gasteiger partial charge >= 0.3 is 0 Å². The minimum absolute atomic E-state index is 0.147. The molecule has 0 bridgehead atoms. The average molecular weight is 208 g/mol. The number of rotatable bonds is 1. The van der Waals surface area contributed by atoms with Crippen molar-refractivity contribution >= 4 is 17.5 Å². The van der Waals surface area contributed by atoms with E-state index in [9.17, 15) is 9.18 Å². The van der Waals surface area contributed by atoms with Gasteiger partial charge in [0.2, 0.25) is 0 Å². The summed E-state index contributed by atoms with van der Waals surface area (Å²) in [6.45, 7) is 0. The molecule has 0 saturated carbocycles. The van der Waals surface area contributed by atoms with E-state index in [4.69, 9.17) is 0 Å². The lowest BCUT2D eigenvalue weighted by Gasteiger charge is -2.15. The Morgan fingerprint density at radius 1 is 1.29 bits per heavy atom. The molecule has 1 aromatic rings. The van der Waals surface area contributed by atoms with E-state index in [0.29, 0.717) is 5.75 Å². The van der Waals surface area contributed by atoms with E-state index < -0.39 is 0 Å². The maximum atomic E-state index is 12.6. The summed E-state index contributed by atoms with van der Waals surface area (Å²) in [7, 11) is 0. The van der Waals surface area contributed by atoms with Gasteiger partial charge in [0.1, 0.15) is 5.82 Å². The van der Waals surface area contributed by atoms with Gasteiger partial charge in [-0.2, -0.15) is 0 Å². The molecule has 0 aromatic heterocycles. The molecule has 2 rings (SSSR count). The van der Waals surface area contributed by atoms with Crippen LogP contribution in [0.25, 0.3) is 0 Å². The smallest absolute Gasteiger partial charge is 0.165 e. The van der Waals surface area contributed by atoms with Crippen LogP contribution in [0.4, 0.5) is 4.39 Å². The number of carbonyl (C=O) groups excluding carboxylic acids is 1. The molecule has 14 heavy (non-hydrogen) atoms. The Kier molecular flexibility index (Phi) is 2.68. The Morgan fingerprint density at radius 2 is 2.00 bits per heavy atom. The molecule has 1 heterocycles. The second kappa shape index (κ2) is 3.96. The van der Waals surface area contributed by atoms with Crippen LogP contribution < -0.4 is 0 Å². The molecule has 0 aliphatic carbocycles. The lowest BCUT2D eigenvalue weighted by Crippen LogP contribution is -2.05. The van der Waals surface area contributed by atoms with Gasteiger partial charge in [-0.25, -0.2) is 4.39 Å². The van der Waals surface area contributed by atoms with Crippen molar-refractivity contribution in [1.82, 2.24) is 0 Å². The van der Waals surface area contributed by atoms with Crippen molar-refractivity contribution < 1.29 is 9.18 Å². The fourth-order valence-corrected chi connectivity index (χ4v) is 2.31. The molecule has 0 radical (unpaired) electrons. The number of ketones is 1. The maximum absolute atomic E-state index is 12.6. The highest BCUT2D eigenvalue weighted by Crippen LogP contribution is 2.32. The average Bonchev–Trinajstić information content (AvgIpc) is 2.21. The Bertz CT molecular complexity index is 369. The molecule has 0 saturated heterocycles. The highest BCUT2D eigenvalue weighted by Gasteiger charge is 2.14. The quantitative estimate of drug-likeness (QED) is 0.706. The minimum Gasteiger partial charge on any atom is -0.294 e. The van der Waals surface area contributed by atoms with Crippen molar-refractivity contribution in [2.24, 2.45) is 0 Å². The standard InChI is InChI=1S/C11H9FOS/c12-9-3-1-8(2-4-9)11-6-5-10(13)7-14-11/h1-6,11H,7H2. The number of hydrogen-bond acceptors (Lipinski definition) is 2. The second-order valence-electron chi connectivity index (χ2n) is 3.11. The fourth-order valence-electron chi connectivity index (χ4n) is 1.33. The molecule has 1 nitrogen and oxygen atoms in total. The lowest BCUT2D eigenvalue weighted by atomic mass is 10.1. The van der Waals surface area contributed by atoms with Gasteiger partial charge in [0.25, 0.3) is 0 Å². The first-order chi connectivity index (χ1) is 6.75. The van der Waals surface area contributed by atoms with E-state index >= 15 is 0 Å². The number of hydrogen-bond donors (Lipinski definition) is 0. The number of thioether (sulfide) groups is 1. The molecule has 0 N–H and O–H groups in total. The van der Waals surface area contributed by atoms with Crippen LogP contribution in [0.1, 0.15) is 10.8 Å². The number of halogens is 1. The van der Waals surface area contributed by atoms with Gasteiger partial charge in [-0.05, 0) is 23.8 Å². The van der Waals surface area contributed by atoms with E-state index in [2.05, 4.69) is 0 Å². The molecule has 0 fully saturated rings. The predicted octanol–water partition coefficient (Wildman–Crippen LogP) is 2.74. The SMILES string of the molecule is O=C1C=CC(c2ccc(F)cc2)SC1. The van der Waals surface area contributed by atoms with Gasteiger partial charge in [0.05, 0.1) is 5.75 Å². The summed E-state index contributed by atoms with van der Waals surface area (Å²) in [5, 5.41) is 0.188. The van der Waals surface area contributed by atoms with Gasteiger partial charge in [-0.3, -0.25) is 4.79 Å². The molecular weight excluding hydrogens is 199 g/mol. The molecule has 3 heteroatoms.